The van der Waals surface area contributed by atoms with Crippen LogP contribution in [0.15, 0.2) is 53.9 Å². The van der Waals surface area contributed by atoms with Crippen LogP contribution in [0.3, 0.4) is 0 Å². The molecule has 1 aliphatic heterocycles. The minimum absolute atomic E-state index is 0.0151. The number of fused-ring (bicyclic) bond motifs is 5. The van der Waals surface area contributed by atoms with E-state index in [0.717, 1.165) is 42.0 Å². The molecule has 2 saturated carbocycles. The molecule has 27 heavy (non-hydrogen) atoms. The standard InChI is InChI=1S/C21H21N3O3/c1-26-17-8-6-16(7-9-17)23-20(25)21-15-5-4-13(11-15)18(21)19(24-27-21)14-3-2-10-22-12-14/h2-3,6-10,12-13,15,18H,4-5,11H2,1H3,(H,23,25). The number of rotatable bonds is 4. The third-order valence-corrected chi connectivity index (χ3v) is 6.26. The van der Waals surface area contributed by atoms with Crippen molar-refractivity contribution in [3.05, 3.63) is 54.4 Å². The van der Waals surface area contributed by atoms with Crippen LogP contribution in [0.5, 0.6) is 5.75 Å². The Bertz CT molecular complexity index is 897. The van der Waals surface area contributed by atoms with Gasteiger partial charge < -0.3 is 14.9 Å². The van der Waals surface area contributed by atoms with Crippen LogP contribution < -0.4 is 10.1 Å². The fraction of sp³-hybridized carbons (Fsp3) is 0.381. The lowest BCUT2D eigenvalue weighted by molar-refractivity contribution is -0.149. The maximum absolute atomic E-state index is 13.4. The number of nitrogens with zero attached hydrogens (tertiary/aromatic N) is 2. The number of methoxy groups -OCH3 is 1. The van der Waals surface area contributed by atoms with Crippen molar-refractivity contribution in [2.75, 3.05) is 12.4 Å². The van der Waals surface area contributed by atoms with E-state index < -0.39 is 5.60 Å². The lowest BCUT2D eigenvalue weighted by Gasteiger charge is -2.35. The number of pyridine rings is 1. The highest BCUT2D eigenvalue weighted by Gasteiger charge is 2.69. The summed E-state index contributed by atoms with van der Waals surface area (Å²) in [5, 5.41) is 7.44. The van der Waals surface area contributed by atoms with Crippen LogP contribution in [0, 0.1) is 17.8 Å². The highest BCUT2D eigenvalue weighted by molar-refractivity contribution is 6.10. The van der Waals surface area contributed by atoms with Crippen LogP contribution in [0.4, 0.5) is 5.69 Å². The lowest BCUT2D eigenvalue weighted by Crippen LogP contribution is -2.53. The maximum Gasteiger partial charge on any atom is 0.272 e. The van der Waals surface area contributed by atoms with Gasteiger partial charge in [-0.3, -0.25) is 9.78 Å². The molecule has 2 aliphatic carbocycles. The molecule has 0 radical (unpaired) electrons. The highest BCUT2D eigenvalue weighted by atomic mass is 16.7. The first-order valence-corrected chi connectivity index (χ1v) is 9.34. The Kier molecular flexibility index (Phi) is 3.67. The third kappa shape index (κ3) is 2.36. The van der Waals surface area contributed by atoms with Crippen LogP contribution in [0.25, 0.3) is 0 Å². The lowest BCUT2D eigenvalue weighted by atomic mass is 9.72. The molecule has 1 N–H and O–H groups in total. The Morgan fingerprint density at radius 2 is 2.11 bits per heavy atom. The predicted octanol–water partition coefficient (Wildman–Crippen LogP) is 3.25. The van der Waals surface area contributed by atoms with Crippen molar-refractivity contribution in [1.82, 2.24) is 4.98 Å². The number of anilines is 1. The Labute approximate surface area is 157 Å². The van der Waals surface area contributed by atoms with E-state index in [1.807, 2.05) is 36.4 Å². The molecule has 0 saturated heterocycles. The van der Waals surface area contributed by atoms with Gasteiger partial charge in [-0.1, -0.05) is 5.16 Å². The Morgan fingerprint density at radius 3 is 2.85 bits per heavy atom. The van der Waals surface area contributed by atoms with Crippen molar-refractivity contribution in [2.45, 2.75) is 24.9 Å². The van der Waals surface area contributed by atoms with Crippen molar-refractivity contribution in [1.29, 1.82) is 0 Å². The largest absolute Gasteiger partial charge is 0.497 e. The molecule has 138 valence electrons. The normalized spacial score (nSPS) is 30.4. The van der Waals surface area contributed by atoms with E-state index in [-0.39, 0.29) is 17.7 Å². The van der Waals surface area contributed by atoms with Crippen LogP contribution in [-0.4, -0.2) is 29.3 Å². The quantitative estimate of drug-likeness (QED) is 0.905. The fourth-order valence-electron chi connectivity index (χ4n) is 5.07. The van der Waals surface area contributed by atoms with Gasteiger partial charge in [-0.15, -0.1) is 0 Å². The van der Waals surface area contributed by atoms with Gasteiger partial charge >= 0.3 is 0 Å². The number of aromatic nitrogens is 1. The molecule has 4 unspecified atom stereocenters. The Morgan fingerprint density at radius 1 is 1.26 bits per heavy atom. The van der Waals surface area contributed by atoms with Crippen LogP contribution in [0.1, 0.15) is 24.8 Å². The van der Waals surface area contributed by atoms with Gasteiger partial charge in [-0.25, -0.2) is 0 Å². The summed E-state index contributed by atoms with van der Waals surface area (Å²) >= 11 is 0. The first-order valence-electron chi connectivity index (χ1n) is 9.34. The number of ether oxygens (including phenoxy) is 1. The molecule has 3 aliphatic rings. The molecule has 5 rings (SSSR count). The van der Waals surface area contributed by atoms with Gasteiger partial charge in [0, 0.05) is 29.6 Å². The summed E-state index contributed by atoms with van der Waals surface area (Å²) in [4.78, 5) is 23.6. The summed E-state index contributed by atoms with van der Waals surface area (Å²) in [6.07, 6.45) is 6.68. The molecule has 2 bridgehead atoms. The molecule has 6 heteroatoms. The number of benzene rings is 1. The zero-order valence-electron chi connectivity index (χ0n) is 15.1. The van der Waals surface area contributed by atoms with Gasteiger partial charge in [0.25, 0.3) is 5.91 Å². The maximum atomic E-state index is 13.4. The van der Waals surface area contributed by atoms with E-state index in [2.05, 4.69) is 15.5 Å². The summed E-state index contributed by atoms with van der Waals surface area (Å²) < 4.78 is 5.18. The molecule has 4 atom stereocenters. The second-order valence-corrected chi connectivity index (χ2v) is 7.53. The van der Waals surface area contributed by atoms with Crippen molar-refractivity contribution in [3.8, 4) is 5.75 Å². The minimum Gasteiger partial charge on any atom is -0.497 e. The number of carbonyl (C=O) groups is 1. The molecule has 0 spiro atoms. The van der Waals surface area contributed by atoms with Crippen molar-refractivity contribution < 1.29 is 14.4 Å². The first-order chi connectivity index (χ1) is 13.2. The van der Waals surface area contributed by atoms with Crippen molar-refractivity contribution >= 4 is 17.3 Å². The average molecular weight is 363 g/mol. The first kappa shape index (κ1) is 16.3. The second kappa shape index (κ2) is 6.08. The summed E-state index contributed by atoms with van der Waals surface area (Å²) in [6, 6.07) is 11.2. The van der Waals surface area contributed by atoms with E-state index in [4.69, 9.17) is 9.57 Å². The van der Waals surface area contributed by atoms with Crippen LogP contribution in [-0.2, 0) is 9.63 Å². The van der Waals surface area contributed by atoms with E-state index in [9.17, 15) is 4.79 Å². The molecule has 2 aromatic rings. The van der Waals surface area contributed by atoms with Gasteiger partial charge in [0.15, 0.2) is 0 Å². The molecule has 1 aromatic carbocycles. The van der Waals surface area contributed by atoms with Gasteiger partial charge in [0.05, 0.1) is 18.7 Å². The number of hydrogen-bond donors (Lipinski definition) is 1. The molecule has 6 nitrogen and oxygen atoms in total. The summed E-state index contributed by atoms with van der Waals surface area (Å²) in [5.74, 6) is 1.26. The monoisotopic (exact) mass is 363 g/mol. The van der Waals surface area contributed by atoms with Gasteiger partial charge in [-0.05, 0) is 61.6 Å². The Balaban J connectivity index is 1.46. The van der Waals surface area contributed by atoms with E-state index in [0.29, 0.717) is 5.92 Å². The molecule has 1 aromatic heterocycles. The molecule has 2 fully saturated rings. The smallest absolute Gasteiger partial charge is 0.272 e. The van der Waals surface area contributed by atoms with Crippen LogP contribution >= 0.6 is 0 Å². The molecule has 2 heterocycles. The highest BCUT2D eigenvalue weighted by Crippen LogP contribution is 2.60. The zero-order valence-corrected chi connectivity index (χ0v) is 15.1. The van der Waals surface area contributed by atoms with Gasteiger partial charge in [0.1, 0.15) is 5.75 Å². The minimum atomic E-state index is -0.909. The number of carbonyl (C=O) groups excluding carboxylic acids is 1. The van der Waals surface area contributed by atoms with Crippen molar-refractivity contribution in [2.24, 2.45) is 22.9 Å². The average Bonchev–Trinajstić information content (AvgIpc) is 3.41. The molecule has 1 amide bonds. The number of oxime groups is 1. The summed E-state index contributed by atoms with van der Waals surface area (Å²) in [6.45, 7) is 0. The summed E-state index contributed by atoms with van der Waals surface area (Å²) in [7, 11) is 1.62. The zero-order chi connectivity index (χ0) is 18.4. The van der Waals surface area contributed by atoms with Crippen LogP contribution in [0.2, 0.25) is 0 Å². The molecular formula is C21H21N3O3. The molecular weight excluding hydrogens is 342 g/mol. The Hall–Kier alpha value is -2.89. The van der Waals surface area contributed by atoms with E-state index in [1.54, 1.807) is 19.5 Å². The number of nitrogens with one attached hydrogen (secondary N) is 1. The number of amides is 1. The second-order valence-electron chi connectivity index (χ2n) is 7.53. The van der Waals surface area contributed by atoms with E-state index >= 15 is 0 Å². The number of hydrogen-bond acceptors (Lipinski definition) is 5. The van der Waals surface area contributed by atoms with Gasteiger partial charge in [-0.2, -0.15) is 0 Å². The third-order valence-electron chi connectivity index (χ3n) is 6.26. The SMILES string of the molecule is COc1ccc(NC(=O)C23ON=C(c4cccnc4)C2C2CCC3C2)cc1. The fourth-order valence-corrected chi connectivity index (χ4v) is 5.07. The predicted molar refractivity (Wildman–Crippen MR) is 101 cm³/mol. The van der Waals surface area contributed by atoms with Crippen molar-refractivity contribution in [3.63, 3.8) is 0 Å². The summed E-state index contributed by atoms with van der Waals surface area (Å²) in [5.41, 5.74) is 1.62. The van der Waals surface area contributed by atoms with E-state index in [1.165, 1.54) is 0 Å². The topological polar surface area (TPSA) is 72.8 Å². The van der Waals surface area contributed by atoms with Gasteiger partial charge in [0.2, 0.25) is 5.60 Å².